The molecule has 1 heterocycles. The number of nitrogens with zero attached hydrogens (tertiary/aromatic N) is 1. The molecule has 2 aromatic carbocycles. The molecule has 0 radical (unpaired) electrons. The average molecular weight is 394 g/mol. The normalized spacial score (nSPS) is 17.0. The number of hydrogen-bond donors (Lipinski definition) is 2. The van der Waals surface area contributed by atoms with Crippen molar-refractivity contribution < 1.29 is 13.9 Å². The number of amides is 1. The maximum Gasteiger partial charge on any atom is 0.234 e. The Morgan fingerprint density at radius 3 is 2.81 bits per heavy atom. The highest BCUT2D eigenvalue weighted by Gasteiger charge is 2.25. The number of rotatable bonds is 7. The molecule has 0 bridgehead atoms. The van der Waals surface area contributed by atoms with E-state index in [1.807, 2.05) is 36.4 Å². The number of para-hydroxylation sites is 1. The Morgan fingerprint density at radius 1 is 1.22 bits per heavy atom. The third-order valence-corrected chi connectivity index (χ3v) is 4.37. The molecule has 1 fully saturated rings. The van der Waals surface area contributed by atoms with Crippen LogP contribution < -0.4 is 15.4 Å². The molecular formula is C20H25ClFN3O2. The zero-order valence-corrected chi connectivity index (χ0v) is 15.9. The maximum absolute atomic E-state index is 13.5. The van der Waals surface area contributed by atoms with Crippen molar-refractivity contribution in [3.63, 3.8) is 0 Å². The summed E-state index contributed by atoms with van der Waals surface area (Å²) in [4.78, 5) is 14.3. The Morgan fingerprint density at radius 2 is 2.04 bits per heavy atom. The monoisotopic (exact) mass is 393 g/mol. The van der Waals surface area contributed by atoms with Gasteiger partial charge >= 0.3 is 0 Å². The van der Waals surface area contributed by atoms with E-state index in [2.05, 4.69) is 15.5 Å². The van der Waals surface area contributed by atoms with E-state index in [0.29, 0.717) is 19.7 Å². The number of ether oxygens (including phenoxy) is 1. The van der Waals surface area contributed by atoms with Crippen LogP contribution in [0.1, 0.15) is 11.6 Å². The molecule has 3 rings (SSSR count). The lowest BCUT2D eigenvalue weighted by molar-refractivity contribution is -0.123. The topological polar surface area (TPSA) is 53.6 Å². The molecule has 5 nitrogen and oxygen atoms in total. The number of carbonyl (C=O) groups excluding carboxylic acids is 1. The van der Waals surface area contributed by atoms with E-state index in [1.54, 1.807) is 6.07 Å². The van der Waals surface area contributed by atoms with E-state index in [4.69, 9.17) is 4.74 Å². The lowest BCUT2D eigenvalue weighted by Gasteiger charge is -2.36. The van der Waals surface area contributed by atoms with Crippen molar-refractivity contribution in [3.05, 3.63) is 66.0 Å². The predicted molar refractivity (Wildman–Crippen MR) is 106 cm³/mol. The van der Waals surface area contributed by atoms with E-state index in [9.17, 15) is 9.18 Å². The SMILES string of the molecule is Cl.O=C(CN1CCNCC1c1cccc(F)c1)NCCOc1ccccc1. The second-order valence-corrected chi connectivity index (χ2v) is 6.26. The van der Waals surface area contributed by atoms with Crippen LogP contribution in [0.15, 0.2) is 54.6 Å². The van der Waals surface area contributed by atoms with Gasteiger partial charge < -0.3 is 15.4 Å². The van der Waals surface area contributed by atoms with Crippen LogP contribution in [0.3, 0.4) is 0 Å². The van der Waals surface area contributed by atoms with Crippen LogP contribution in [0.5, 0.6) is 5.75 Å². The van der Waals surface area contributed by atoms with Crippen molar-refractivity contribution in [3.8, 4) is 5.75 Å². The standard InChI is InChI=1S/C20H24FN3O2.ClH/c21-17-6-4-5-16(13-17)19-14-22-9-11-24(19)15-20(25)23-10-12-26-18-7-2-1-3-8-18;/h1-8,13,19,22H,9-12,14-15H2,(H,23,25);1H. The molecular weight excluding hydrogens is 369 g/mol. The van der Waals surface area contributed by atoms with E-state index in [0.717, 1.165) is 24.4 Å². The highest BCUT2D eigenvalue weighted by molar-refractivity contribution is 5.85. The van der Waals surface area contributed by atoms with E-state index in [-0.39, 0.29) is 36.7 Å². The van der Waals surface area contributed by atoms with Gasteiger partial charge in [0, 0.05) is 25.7 Å². The van der Waals surface area contributed by atoms with E-state index in [1.165, 1.54) is 12.1 Å². The fourth-order valence-electron chi connectivity index (χ4n) is 3.09. The quantitative estimate of drug-likeness (QED) is 0.709. The Hall–Kier alpha value is -2.15. The second kappa shape index (κ2) is 10.9. The summed E-state index contributed by atoms with van der Waals surface area (Å²) in [6.07, 6.45) is 0. The smallest absolute Gasteiger partial charge is 0.234 e. The predicted octanol–water partition coefficient (Wildman–Crippen LogP) is 2.39. The molecule has 27 heavy (non-hydrogen) atoms. The molecule has 146 valence electrons. The summed E-state index contributed by atoms with van der Waals surface area (Å²) in [5.74, 6) is 0.482. The minimum Gasteiger partial charge on any atom is -0.492 e. The Bertz CT molecular complexity index is 717. The van der Waals surface area contributed by atoms with Crippen molar-refractivity contribution >= 4 is 18.3 Å². The molecule has 2 aromatic rings. The van der Waals surface area contributed by atoms with Gasteiger partial charge in [0.15, 0.2) is 0 Å². The maximum atomic E-state index is 13.5. The van der Waals surface area contributed by atoms with Gasteiger partial charge in [-0.05, 0) is 29.8 Å². The van der Waals surface area contributed by atoms with Crippen molar-refractivity contribution in [2.75, 3.05) is 39.3 Å². The number of piperazine rings is 1. The van der Waals surface area contributed by atoms with Crippen LogP contribution in [0, 0.1) is 5.82 Å². The summed E-state index contributed by atoms with van der Waals surface area (Å²) >= 11 is 0. The van der Waals surface area contributed by atoms with Gasteiger partial charge in [-0.15, -0.1) is 12.4 Å². The number of benzene rings is 2. The molecule has 1 aliphatic heterocycles. The third kappa shape index (κ3) is 6.50. The average Bonchev–Trinajstić information content (AvgIpc) is 2.66. The first-order valence-electron chi connectivity index (χ1n) is 8.87. The van der Waals surface area contributed by atoms with Crippen LogP contribution in [0.4, 0.5) is 4.39 Å². The summed E-state index contributed by atoms with van der Waals surface area (Å²) in [6, 6.07) is 16.1. The summed E-state index contributed by atoms with van der Waals surface area (Å²) in [5, 5.41) is 6.19. The van der Waals surface area contributed by atoms with Gasteiger partial charge in [0.25, 0.3) is 0 Å². The molecule has 1 saturated heterocycles. The van der Waals surface area contributed by atoms with Gasteiger partial charge in [-0.1, -0.05) is 30.3 Å². The van der Waals surface area contributed by atoms with Gasteiger partial charge in [-0.3, -0.25) is 9.69 Å². The van der Waals surface area contributed by atoms with Crippen LogP contribution in [0.2, 0.25) is 0 Å². The van der Waals surface area contributed by atoms with Crippen LogP contribution in [-0.2, 0) is 4.79 Å². The highest BCUT2D eigenvalue weighted by atomic mass is 35.5. The Balaban J connectivity index is 0.00000261. The summed E-state index contributed by atoms with van der Waals surface area (Å²) in [5.41, 5.74) is 0.886. The fourth-order valence-corrected chi connectivity index (χ4v) is 3.09. The second-order valence-electron chi connectivity index (χ2n) is 6.26. The highest BCUT2D eigenvalue weighted by Crippen LogP contribution is 2.22. The lowest BCUT2D eigenvalue weighted by atomic mass is 10.0. The molecule has 2 N–H and O–H groups in total. The number of carbonyl (C=O) groups is 1. The van der Waals surface area contributed by atoms with Crippen LogP contribution in [0.25, 0.3) is 0 Å². The first-order valence-corrected chi connectivity index (χ1v) is 8.87. The van der Waals surface area contributed by atoms with Crippen LogP contribution in [-0.4, -0.2) is 50.1 Å². The zero-order valence-electron chi connectivity index (χ0n) is 15.1. The summed E-state index contributed by atoms with van der Waals surface area (Å²) in [7, 11) is 0. The van der Waals surface area contributed by atoms with Crippen molar-refractivity contribution in [2.45, 2.75) is 6.04 Å². The third-order valence-electron chi connectivity index (χ3n) is 4.37. The molecule has 0 aliphatic carbocycles. The van der Waals surface area contributed by atoms with Crippen LogP contribution >= 0.6 is 12.4 Å². The van der Waals surface area contributed by atoms with Crippen molar-refractivity contribution in [1.82, 2.24) is 15.5 Å². The van der Waals surface area contributed by atoms with E-state index >= 15 is 0 Å². The minimum absolute atomic E-state index is 0. The van der Waals surface area contributed by atoms with E-state index < -0.39 is 0 Å². The molecule has 1 atom stereocenters. The van der Waals surface area contributed by atoms with Gasteiger partial charge in [0.1, 0.15) is 18.2 Å². The van der Waals surface area contributed by atoms with Gasteiger partial charge in [0.05, 0.1) is 13.1 Å². The van der Waals surface area contributed by atoms with Gasteiger partial charge in [-0.25, -0.2) is 4.39 Å². The Labute approximate surface area is 165 Å². The summed E-state index contributed by atoms with van der Waals surface area (Å²) < 4.78 is 19.1. The minimum atomic E-state index is -0.254. The molecule has 0 saturated carbocycles. The van der Waals surface area contributed by atoms with Crippen molar-refractivity contribution in [2.24, 2.45) is 0 Å². The molecule has 7 heteroatoms. The van der Waals surface area contributed by atoms with Gasteiger partial charge in [-0.2, -0.15) is 0 Å². The zero-order chi connectivity index (χ0) is 18.2. The van der Waals surface area contributed by atoms with Gasteiger partial charge in [0.2, 0.25) is 5.91 Å². The molecule has 1 aliphatic rings. The molecule has 1 unspecified atom stereocenters. The molecule has 0 aromatic heterocycles. The number of hydrogen-bond acceptors (Lipinski definition) is 4. The fraction of sp³-hybridized carbons (Fsp3) is 0.350. The molecule has 0 spiro atoms. The summed E-state index contributed by atoms with van der Waals surface area (Å²) in [6.45, 7) is 3.42. The number of halogens is 2. The lowest BCUT2D eigenvalue weighted by Crippen LogP contribution is -2.49. The number of nitrogens with one attached hydrogen (secondary N) is 2. The molecule has 1 amide bonds. The first kappa shape index (κ1) is 21.2. The Kier molecular flexibility index (Phi) is 8.51. The first-order chi connectivity index (χ1) is 12.7. The largest absolute Gasteiger partial charge is 0.492 e. The van der Waals surface area contributed by atoms with Crippen molar-refractivity contribution in [1.29, 1.82) is 0 Å².